The van der Waals surface area contributed by atoms with Crippen LogP contribution in [0.2, 0.25) is 5.15 Å². The highest BCUT2D eigenvalue weighted by molar-refractivity contribution is 6.30. The van der Waals surface area contributed by atoms with Crippen molar-refractivity contribution in [1.82, 2.24) is 9.55 Å². The molecule has 0 aliphatic heterocycles. The molecule has 3 nitrogen and oxygen atoms in total. The maximum absolute atomic E-state index is 6.03. The minimum Gasteiger partial charge on any atom is -0.333 e. The van der Waals surface area contributed by atoms with Gasteiger partial charge in [-0.15, -0.1) is 0 Å². The van der Waals surface area contributed by atoms with Crippen molar-refractivity contribution in [2.45, 2.75) is 44.7 Å². The van der Waals surface area contributed by atoms with E-state index in [9.17, 15) is 0 Å². The first-order valence-electron chi connectivity index (χ1n) is 5.13. The van der Waals surface area contributed by atoms with Crippen LogP contribution in [-0.2, 0) is 13.0 Å². The second-order valence-corrected chi connectivity index (χ2v) is 4.49. The molecular weight excluding hydrogens is 198 g/mol. The maximum Gasteiger partial charge on any atom is 0.150 e. The Kier molecular flexibility index (Phi) is 2.54. The quantitative estimate of drug-likeness (QED) is 0.831. The van der Waals surface area contributed by atoms with E-state index in [4.69, 9.17) is 17.3 Å². The summed E-state index contributed by atoms with van der Waals surface area (Å²) in [7, 11) is 0. The fourth-order valence-electron chi connectivity index (χ4n) is 1.68. The lowest BCUT2D eigenvalue weighted by Crippen LogP contribution is -2.22. The number of nitrogens with two attached hydrogens (primary N) is 1. The number of nitrogens with zero attached hydrogens (tertiary/aromatic N) is 2. The van der Waals surface area contributed by atoms with E-state index in [-0.39, 0.29) is 5.54 Å². The summed E-state index contributed by atoms with van der Waals surface area (Å²) in [5.74, 6) is 0. The average molecular weight is 214 g/mol. The zero-order chi connectivity index (χ0) is 10.2. The van der Waals surface area contributed by atoms with Crippen LogP contribution in [0.25, 0.3) is 0 Å². The van der Waals surface area contributed by atoms with E-state index >= 15 is 0 Å². The molecule has 1 saturated carbocycles. The van der Waals surface area contributed by atoms with Crippen molar-refractivity contribution in [1.29, 1.82) is 0 Å². The Bertz CT molecular complexity index is 328. The number of hydrogen-bond donors (Lipinski definition) is 1. The number of halogens is 1. The van der Waals surface area contributed by atoms with E-state index in [1.807, 2.05) is 0 Å². The molecule has 78 valence electrons. The molecule has 1 aromatic heterocycles. The van der Waals surface area contributed by atoms with Crippen molar-refractivity contribution in [2.75, 3.05) is 0 Å². The molecule has 2 N–H and O–H groups in total. The molecule has 0 spiro atoms. The second-order valence-electron chi connectivity index (χ2n) is 4.13. The number of aromatic nitrogens is 2. The molecule has 1 aliphatic carbocycles. The molecule has 1 aromatic rings. The third-order valence-corrected chi connectivity index (χ3v) is 3.30. The third kappa shape index (κ3) is 1.93. The SMILES string of the molecule is CCn1cnc(Cl)c1CCC1(N)CC1. The summed E-state index contributed by atoms with van der Waals surface area (Å²) >= 11 is 6.00. The van der Waals surface area contributed by atoms with Gasteiger partial charge in [-0.25, -0.2) is 4.98 Å². The van der Waals surface area contributed by atoms with E-state index in [2.05, 4.69) is 16.5 Å². The molecule has 14 heavy (non-hydrogen) atoms. The van der Waals surface area contributed by atoms with Crippen molar-refractivity contribution in [3.05, 3.63) is 17.2 Å². The largest absolute Gasteiger partial charge is 0.333 e. The molecule has 0 bridgehead atoms. The van der Waals surface area contributed by atoms with E-state index in [0.29, 0.717) is 5.15 Å². The van der Waals surface area contributed by atoms with Crippen LogP contribution in [0, 0.1) is 0 Å². The number of imidazole rings is 1. The van der Waals surface area contributed by atoms with Gasteiger partial charge >= 0.3 is 0 Å². The molecule has 0 atom stereocenters. The van der Waals surface area contributed by atoms with Crippen LogP contribution in [0.5, 0.6) is 0 Å². The smallest absolute Gasteiger partial charge is 0.150 e. The Balaban J connectivity index is 2.03. The van der Waals surface area contributed by atoms with Crippen LogP contribution in [0.4, 0.5) is 0 Å². The summed E-state index contributed by atoms with van der Waals surface area (Å²) in [6, 6.07) is 0. The van der Waals surface area contributed by atoms with Gasteiger partial charge in [-0.05, 0) is 32.6 Å². The van der Waals surface area contributed by atoms with Gasteiger partial charge in [-0.2, -0.15) is 0 Å². The summed E-state index contributed by atoms with van der Waals surface area (Å²) in [5, 5.41) is 0.635. The molecule has 0 saturated heterocycles. The van der Waals surface area contributed by atoms with Gasteiger partial charge < -0.3 is 10.3 Å². The topological polar surface area (TPSA) is 43.8 Å². The molecule has 4 heteroatoms. The molecule has 0 unspecified atom stereocenters. The van der Waals surface area contributed by atoms with Crippen molar-refractivity contribution in [2.24, 2.45) is 5.73 Å². The Morgan fingerprint density at radius 2 is 2.36 bits per heavy atom. The molecule has 2 rings (SSSR count). The molecule has 0 aromatic carbocycles. The molecular formula is C10H16ClN3. The predicted octanol–water partition coefficient (Wildman–Crippen LogP) is 1.98. The second kappa shape index (κ2) is 3.55. The summed E-state index contributed by atoms with van der Waals surface area (Å²) in [4.78, 5) is 4.10. The Hall–Kier alpha value is -0.540. The summed E-state index contributed by atoms with van der Waals surface area (Å²) < 4.78 is 2.09. The van der Waals surface area contributed by atoms with Crippen LogP contribution >= 0.6 is 11.6 Å². The highest BCUT2D eigenvalue weighted by atomic mass is 35.5. The molecule has 1 aliphatic rings. The minimum absolute atomic E-state index is 0.103. The Morgan fingerprint density at radius 3 is 2.93 bits per heavy atom. The van der Waals surface area contributed by atoms with E-state index in [1.54, 1.807) is 6.33 Å². The van der Waals surface area contributed by atoms with E-state index < -0.39 is 0 Å². The zero-order valence-corrected chi connectivity index (χ0v) is 9.22. The predicted molar refractivity (Wildman–Crippen MR) is 57.4 cm³/mol. The number of aryl methyl sites for hydroxylation is 1. The molecule has 1 fully saturated rings. The van der Waals surface area contributed by atoms with Crippen LogP contribution in [0.3, 0.4) is 0 Å². The van der Waals surface area contributed by atoms with Crippen LogP contribution < -0.4 is 5.73 Å². The lowest BCUT2D eigenvalue weighted by molar-refractivity contribution is 0.584. The standard InChI is InChI=1S/C10H16ClN3/c1-2-14-7-13-9(11)8(14)3-4-10(12)5-6-10/h7H,2-6,12H2,1H3. The van der Waals surface area contributed by atoms with E-state index in [1.165, 1.54) is 0 Å². The van der Waals surface area contributed by atoms with Gasteiger partial charge in [0.25, 0.3) is 0 Å². The van der Waals surface area contributed by atoms with E-state index in [0.717, 1.165) is 37.9 Å². The Morgan fingerprint density at radius 1 is 1.64 bits per heavy atom. The normalized spacial score (nSPS) is 18.5. The van der Waals surface area contributed by atoms with Crippen molar-refractivity contribution >= 4 is 11.6 Å². The molecule has 1 heterocycles. The first-order chi connectivity index (χ1) is 6.64. The van der Waals surface area contributed by atoms with Crippen LogP contribution in [0.1, 0.15) is 31.9 Å². The highest BCUT2D eigenvalue weighted by Gasteiger charge is 2.37. The minimum atomic E-state index is 0.103. The van der Waals surface area contributed by atoms with Gasteiger partial charge in [-0.3, -0.25) is 0 Å². The van der Waals surface area contributed by atoms with Crippen molar-refractivity contribution in [3.8, 4) is 0 Å². The van der Waals surface area contributed by atoms with Gasteiger partial charge in [0.05, 0.1) is 12.0 Å². The van der Waals surface area contributed by atoms with Gasteiger partial charge in [0.2, 0.25) is 0 Å². The first kappa shape index (κ1) is 9.99. The van der Waals surface area contributed by atoms with Crippen LogP contribution in [-0.4, -0.2) is 15.1 Å². The average Bonchev–Trinajstić information content (AvgIpc) is 2.78. The maximum atomic E-state index is 6.03. The van der Waals surface area contributed by atoms with Gasteiger partial charge in [-0.1, -0.05) is 11.6 Å². The van der Waals surface area contributed by atoms with Gasteiger partial charge in [0.15, 0.2) is 0 Å². The first-order valence-corrected chi connectivity index (χ1v) is 5.51. The van der Waals surface area contributed by atoms with Crippen molar-refractivity contribution < 1.29 is 0 Å². The monoisotopic (exact) mass is 213 g/mol. The Labute approximate surface area is 89.3 Å². The number of hydrogen-bond acceptors (Lipinski definition) is 2. The summed E-state index contributed by atoms with van der Waals surface area (Å²) in [5.41, 5.74) is 7.27. The molecule has 0 radical (unpaired) electrons. The fraction of sp³-hybridized carbons (Fsp3) is 0.700. The summed E-state index contributed by atoms with van der Waals surface area (Å²) in [6.07, 6.45) is 6.09. The molecule has 0 amide bonds. The zero-order valence-electron chi connectivity index (χ0n) is 8.46. The lowest BCUT2D eigenvalue weighted by Gasteiger charge is -2.09. The fourth-order valence-corrected chi connectivity index (χ4v) is 1.93. The van der Waals surface area contributed by atoms with Crippen LogP contribution in [0.15, 0.2) is 6.33 Å². The highest BCUT2D eigenvalue weighted by Crippen LogP contribution is 2.37. The number of rotatable bonds is 4. The summed E-state index contributed by atoms with van der Waals surface area (Å²) in [6.45, 7) is 3.02. The van der Waals surface area contributed by atoms with Crippen molar-refractivity contribution in [3.63, 3.8) is 0 Å². The van der Waals surface area contributed by atoms with Gasteiger partial charge in [0, 0.05) is 12.1 Å². The van der Waals surface area contributed by atoms with Gasteiger partial charge in [0.1, 0.15) is 5.15 Å². The third-order valence-electron chi connectivity index (χ3n) is 2.99. The lowest BCUT2D eigenvalue weighted by atomic mass is 10.1.